The highest BCUT2D eigenvalue weighted by Crippen LogP contribution is 2.17. The lowest BCUT2D eigenvalue weighted by Crippen LogP contribution is -2.11. The molecule has 23 heavy (non-hydrogen) atoms. The van der Waals surface area contributed by atoms with E-state index in [1.807, 2.05) is 19.1 Å². The fourth-order valence-corrected chi connectivity index (χ4v) is 2.48. The van der Waals surface area contributed by atoms with E-state index >= 15 is 0 Å². The van der Waals surface area contributed by atoms with Crippen molar-refractivity contribution in [1.82, 2.24) is 4.98 Å². The van der Waals surface area contributed by atoms with Gasteiger partial charge in [-0.15, -0.1) is 0 Å². The van der Waals surface area contributed by atoms with Crippen molar-refractivity contribution in [2.24, 2.45) is 5.73 Å². The van der Waals surface area contributed by atoms with Crippen LogP contribution in [0.25, 0.3) is 6.08 Å². The molecule has 122 valence electrons. The minimum atomic E-state index is -4.03. The van der Waals surface area contributed by atoms with Crippen LogP contribution in [0.15, 0.2) is 52.6 Å². The van der Waals surface area contributed by atoms with Crippen molar-refractivity contribution in [3.05, 3.63) is 69.3 Å². The predicted octanol–water partition coefficient (Wildman–Crippen LogP) is 2.80. The van der Waals surface area contributed by atoms with Crippen molar-refractivity contribution in [2.75, 3.05) is 0 Å². The van der Waals surface area contributed by atoms with Crippen molar-refractivity contribution >= 4 is 38.0 Å². The van der Waals surface area contributed by atoms with E-state index in [1.54, 1.807) is 24.4 Å². The lowest BCUT2D eigenvalue weighted by molar-refractivity contribution is 0.0999. The minimum absolute atomic E-state index is 0.406. The SMILES string of the molecule is Cc1ccc(C(N)=O)c(Br)c1.O=S(=O)(O)C=Cc1cccnc1. The smallest absolute Gasteiger partial charge is 0.287 e. The van der Waals surface area contributed by atoms with Gasteiger partial charge >= 0.3 is 0 Å². The second-order valence-electron chi connectivity index (χ2n) is 4.45. The fraction of sp³-hybridized carbons (Fsp3) is 0.0667. The number of nitrogens with two attached hydrogens (primary N) is 1. The van der Waals surface area contributed by atoms with Crippen molar-refractivity contribution in [1.29, 1.82) is 0 Å². The molecule has 6 nitrogen and oxygen atoms in total. The summed E-state index contributed by atoms with van der Waals surface area (Å²) in [5.41, 5.74) is 7.34. The molecule has 2 aromatic rings. The van der Waals surface area contributed by atoms with E-state index in [9.17, 15) is 13.2 Å². The van der Waals surface area contributed by atoms with Crippen LogP contribution in [0.3, 0.4) is 0 Å². The van der Waals surface area contributed by atoms with Crippen LogP contribution in [-0.2, 0) is 10.1 Å². The van der Waals surface area contributed by atoms with Crippen LogP contribution in [0.5, 0.6) is 0 Å². The number of halogens is 1. The standard InChI is InChI=1S/C8H8BrNO.C7H7NO3S/c1-5-2-3-6(8(10)11)7(9)4-5;9-12(10,11)5-3-7-2-1-4-8-6-7/h2-4H,1H3,(H2,10,11);1-6H,(H,9,10,11). The number of carbonyl (C=O) groups excluding carboxylic acids is 1. The maximum absolute atomic E-state index is 10.7. The summed E-state index contributed by atoms with van der Waals surface area (Å²) in [4.78, 5) is 14.5. The normalized spacial score (nSPS) is 10.9. The second-order valence-corrected chi connectivity index (χ2v) is 6.61. The van der Waals surface area contributed by atoms with Gasteiger partial charge in [-0.1, -0.05) is 12.1 Å². The van der Waals surface area contributed by atoms with Gasteiger partial charge in [0.25, 0.3) is 10.1 Å². The molecule has 0 saturated carbocycles. The molecule has 0 aliphatic carbocycles. The summed E-state index contributed by atoms with van der Waals surface area (Å²) >= 11 is 3.25. The number of nitrogens with zero attached hydrogens (tertiary/aromatic N) is 1. The Hall–Kier alpha value is -2.03. The Labute approximate surface area is 142 Å². The summed E-state index contributed by atoms with van der Waals surface area (Å²) in [5.74, 6) is -0.406. The van der Waals surface area contributed by atoms with Crippen molar-refractivity contribution in [3.8, 4) is 0 Å². The number of carbonyl (C=O) groups is 1. The largest absolute Gasteiger partial charge is 0.366 e. The Kier molecular flexibility index (Phi) is 7.08. The van der Waals surface area contributed by atoms with Gasteiger partial charge in [0.05, 0.1) is 11.0 Å². The number of rotatable bonds is 3. The number of amides is 1. The molecule has 1 aromatic carbocycles. The van der Waals surface area contributed by atoms with Gasteiger partial charge in [-0.05, 0) is 58.3 Å². The van der Waals surface area contributed by atoms with E-state index in [4.69, 9.17) is 10.3 Å². The summed E-state index contributed by atoms with van der Waals surface area (Å²) in [7, 11) is -4.03. The van der Waals surface area contributed by atoms with Crippen LogP contribution < -0.4 is 5.73 Å². The van der Waals surface area contributed by atoms with Crippen LogP contribution in [-0.4, -0.2) is 23.9 Å². The van der Waals surface area contributed by atoms with Crippen LogP contribution in [0.2, 0.25) is 0 Å². The van der Waals surface area contributed by atoms with Gasteiger partial charge in [0.1, 0.15) is 0 Å². The predicted molar refractivity (Wildman–Crippen MR) is 92.2 cm³/mol. The number of pyridine rings is 1. The molecule has 0 atom stereocenters. The summed E-state index contributed by atoms with van der Waals surface area (Å²) in [6.45, 7) is 1.95. The Morgan fingerprint density at radius 3 is 2.52 bits per heavy atom. The molecule has 0 aliphatic heterocycles. The van der Waals surface area contributed by atoms with Crippen LogP contribution in [0.4, 0.5) is 0 Å². The van der Waals surface area contributed by atoms with Crippen LogP contribution >= 0.6 is 15.9 Å². The first-order valence-electron chi connectivity index (χ1n) is 6.30. The van der Waals surface area contributed by atoms with E-state index in [2.05, 4.69) is 20.9 Å². The molecule has 0 radical (unpaired) electrons. The zero-order chi connectivity index (χ0) is 17.5. The Morgan fingerprint density at radius 2 is 2.04 bits per heavy atom. The molecule has 2 rings (SSSR count). The molecule has 0 saturated heterocycles. The first-order valence-corrected chi connectivity index (χ1v) is 8.60. The molecule has 1 aromatic heterocycles. The number of primary amides is 1. The topological polar surface area (TPSA) is 110 Å². The molecule has 0 unspecified atom stereocenters. The zero-order valence-electron chi connectivity index (χ0n) is 12.2. The summed E-state index contributed by atoms with van der Waals surface area (Å²) < 4.78 is 29.6. The van der Waals surface area contributed by atoms with Gasteiger partial charge in [0, 0.05) is 16.9 Å². The average molecular weight is 399 g/mol. The van der Waals surface area contributed by atoms with Gasteiger partial charge in [-0.2, -0.15) is 8.42 Å². The van der Waals surface area contributed by atoms with E-state index in [-0.39, 0.29) is 0 Å². The van der Waals surface area contributed by atoms with Crippen molar-refractivity contribution < 1.29 is 17.8 Å². The maximum atomic E-state index is 10.7. The van der Waals surface area contributed by atoms with E-state index < -0.39 is 16.0 Å². The molecule has 3 N–H and O–H groups in total. The quantitative estimate of drug-likeness (QED) is 0.772. The number of benzene rings is 1. The van der Waals surface area contributed by atoms with E-state index in [1.165, 1.54) is 12.3 Å². The zero-order valence-corrected chi connectivity index (χ0v) is 14.6. The maximum Gasteiger partial charge on any atom is 0.287 e. The molecule has 1 heterocycles. The fourth-order valence-electron chi connectivity index (χ4n) is 1.46. The minimum Gasteiger partial charge on any atom is -0.366 e. The van der Waals surface area contributed by atoms with E-state index in [0.29, 0.717) is 16.5 Å². The van der Waals surface area contributed by atoms with Crippen molar-refractivity contribution in [2.45, 2.75) is 6.92 Å². The lowest BCUT2D eigenvalue weighted by Gasteiger charge is -1.99. The average Bonchev–Trinajstić information content (AvgIpc) is 2.46. The molecule has 0 fully saturated rings. The van der Waals surface area contributed by atoms with Gasteiger partial charge < -0.3 is 5.73 Å². The summed E-state index contributed by atoms with van der Waals surface area (Å²) in [6.07, 6.45) is 4.33. The first-order chi connectivity index (χ1) is 10.7. The molecular weight excluding hydrogens is 384 g/mol. The van der Waals surface area contributed by atoms with Gasteiger partial charge in [0.2, 0.25) is 5.91 Å². The van der Waals surface area contributed by atoms with Crippen LogP contribution in [0, 0.1) is 6.92 Å². The van der Waals surface area contributed by atoms with Gasteiger partial charge in [-0.3, -0.25) is 14.3 Å². The monoisotopic (exact) mass is 398 g/mol. The molecule has 8 heteroatoms. The number of hydrogen-bond acceptors (Lipinski definition) is 4. The lowest BCUT2D eigenvalue weighted by atomic mass is 10.1. The molecule has 0 spiro atoms. The van der Waals surface area contributed by atoms with Crippen molar-refractivity contribution in [3.63, 3.8) is 0 Å². The summed E-state index contributed by atoms with van der Waals surface area (Å²) in [6, 6.07) is 8.77. The third kappa shape index (κ3) is 7.68. The highest BCUT2D eigenvalue weighted by molar-refractivity contribution is 9.10. The van der Waals surface area contributed by atoms with Gasteiger partial charge in [0.15, 0.2) is 0 Å². The highest BCUT2D eigenvalue weighted by Gasteiger charge is 2.04. The highest BCUT2D eigenvalue weighted by atomic mass is 79.9. The third-order valence-corrected chi connectivity index (χ3v) is 3.64. The third-order valence-electron chi connectivity index (χ3n) is 2.51. The Balaban J connectivity index is 0.000000231. The molecule has 0 aliphatic rings. The number of hydrogen-bond donors (Lipinski definition) is 2. The summed E-state index contributed by atoms with van der Waals surface area (Å²) in [5, 5.41) is 0.712. The first kappa shape index (κ1) is 19.0. The van der Waals surface area contributed by atoms with Gasteiger partial charge in [-0.25, -0.2) is 0 Å². The molecule has 0 bridgehead atoms. The Morgan fingerprint density at radius 1 is 1.35 bits per heavy atom. The number of aryl methyl sites for hydroxylation is 1. The number of aromatic nitrogens is 1. The second kappa shape index (κ2) is 8.56. The molecular formula is C15H15BrN2O4S. The van der Waals surface area contributed by atoms with E-state index in [0.717, 1.165) is 10.0 Å². The molecule has 1 amide bonds. The Bertz CT molecular complexity index is 805. The van der Waals surface area contributed by atoms with Crippen LogP contribution in [0.1, 0.15) is 21.5 Å².